The van der Waals surface area contributed by atoms with Crippen molar-refractivity contribution in [2.24, 2.45) is 12.0 Å². The molecule has 3 heterocycles. The number of ether oxygens (including phenoxy) is 1. The number of aryl methyl sites for hydroxylation is 1. The molecular weight excluding hydrogens is 475 g/mol. The highest BCUT2D eigenvalue weighted by molar-refractivity contribution is 14.0. The lowest BCUT2D eigenvalue weighted by atomic mass is 9.85. The number of nitrogens with zero attached hydrogens (tertiary/aromatic N) is 4. The molecule has 1 atom stereocenters. The SMILES string of the molecule is Cc1nnc(CN=C(NC2CC2)NC2CCOC3(CCSCC3)C2)n1C.I. The van der Waals surface area contributed by atoms with Crippen LogP contribution in [0.1, 0.15) is 50.2 Å². The second kappa shape index (κ2) is 9.30. The van der Waals surface area contributed by atoms with Crippen LogP contribution in [0.5, 0.6) is 0 Å². The minimum atomic E-state index is 0. The normalized spacial score (nSPS) is 25.1. The fraction of sp³-hybridized carbons (Fsp3) is 0.833. The van der Waals surface area contributed by atoms with Gasteiger partial charge in [0.1, 0.15) is 12.4 Å². The lowest BCUT2D eigenvalue weighted by Crippen LogP contribution is -2.52. The molecular formula is C18H31IN6OS. The fourth-order valence-electron chi connectivity index (χ4n) is 3.73. The van der Waals surface area contributed by atoms with Gasteiger partial charge in [-0.25, -0.2) is 4.99 Å². The molecule has 0 aromatic carbocycles. The molecule has 1 spiro atoms. The zero-order valence-electron chi connectivity index (χ0n) is 16.2. The van der Waals surface area contributed by atoms with Crippen molar-refractivity contribution in [3.05, 3.63) is 11.6 Å². The van der Waals surface area contributed by atoms with Gasteiger partial charge in [-0.1, -0.05) is 0 Å². The van der Waals surface area contributed by atoms with Gasteiger partial charge in [-0.05, 0) is 57.0 Å². The van der Waals surface area contributed by atoms with Gasteiger partial charge in [0.25, 0.3) is 0 Å². The second-order valence-electron chi connectivity index (χ2n) is 7.78. The van der Waals surface area contributed by atoms with Crippen LogP contribution in [0.15, 0.2) is 4.99 Å². The van der Waals surface area contributed by atoms with Crippen molar-refractivity contribution in [1.82, 2.24) is 25.4 Å². The number of guanidine groups is 1. The van der Waals surface area contributed by atoms with Crippen molar-refractivity contribution in [2.45, 2.75) is 69.7 Å². The first-order chi connectivity index (χ1) is 12.6. The Morgan fingerprint density at radius 1 is 1.22 bits per heavy atom. The highest BCUT2D eigenvalue weighted by Crippen LogP contribution is 2.37. The Morgan fingerprint density at radius 3 is 2.63 bits per heavy atom. The van der Waals surface area contributed by atoms with Gasteiger partial charge in [0.2, 0.25) is 0 Å². The third-order valence-corrected chi connectivity index (χ3v) is 6.70. The predicted molar refractivity (Wildman–Crippen MR) is 120 cm³/mol. The number of rotatable bonds is 4. The van der Waals surface area contributed by atoms with Gasteiger partial charge in [-0.3, -0.25) is 0 Å². The van der Waals surface area contributed by atoms with Crippen LogP contribution in [0.3, 0.4) is 0 Å². The molecule has 1 aliphatic carbocycles. The van der Waals surface area contributed by atoms with Crippen molar-refractivity contribution in [3.8, 4) is 0 Å². The Balaban J connectivity index is 0.00000210. The van der Waals surface area contributed by atoms with Crippen LogP contribution >= 0.6 is 35.7 Å². The van der Waals surface area contributed by atoms with E-state index in [2.05, 4.69) is 32.6 Å². The molecule has 3 aliphatic rings. The van der Waals surface area contributed by atoms with Crippen LogP contribution in [0, 0.1) is 6.92 Å². The zero-order valence-corrected chi connectivity index (χ0v) is 19.4. The van der Waals surface area contributed by atoms with Gasteiger partial charge in [0.05, 0.1) is 5.60 Å². The number of hydrogen-bond acceptors (Lipinski definition) is 5. The summed E-state index contributed by atoms with van der Waals surface area (Å²) in [6, 6.07) is 1.00. The van der Waals surface area contributed by atoms with Crippen LogP contribution in [-0.4, -0.2) is 56.5 Å². The number of aromatic nitrogens is 3. The lowest BCUT2D eigenvalue weighted by molar-refractivity contribution is -0.0912. The Kier molecular flexibility index (Phi) is 7.29. The molecule has 2 saturated heterocycles. The molecule has 1 aromatic rings. The van der Waals surface area contributed by atoms with Crippen LogP contribution in [-0.2, 0) is 18.3 Å². The summed E-state index contributed by atoms with van der Waals surface area (Å²) in [6.07, 6.45) is 6.95. The molecule has 9 heteroatoms. The van der Waals surface area contributed by atoms with Crippen molar-refractivity contribution in [3.63, 3.8) is 0 Å². The van der Waals surface area contributed by atoms with Gasteiger partial charge in [0, 0.05) is 25.7 Å². The quantitative estimate of drug-likeness (QED) is 0.371. The van der Waals surface area contributed by atoms with Crippen molar-refractivity contribution >= 4 is 41.7 Å². The first kappa shape index (κ1) is 21.2. The van der Waals surface area contributed by atoms with Crippen LogP contribution < -0.4 is 10.6 Å². The van der Waals surface area contributed by atoms with Crippen molar-refractivity contribution < 1.29 is 4.74 Å². The largest absolute Gasteiger partial charge is 0.375 e. The Labute approximate surface area is 182 Å². The Bertz CT molecular complexity index is 651. The summed E-state index contributed by atoms with van der Waals surface area (Å²) >= 11 is 2.05. The molecule has 0 radical (unpaired) electrons. The standard InChI is InChI=1S/C18H30N6OS.HI/c1-13-22-23-16(24(13)2)12-19-17(20-14-3-4-14)21-15-5-8-25-18(11-15)6-9-26-10-7-18;/h14-15H,3-12H2,1-2H3,(H2,19,20,21);1H. The third kappa shape index (κ3) is 5.50. The summed E-state index contributed by atoms with van der Waals surface area (Å²) < 4.78 is 8.23. The molecule has 1 saturated carbocycles. The van der Waals surface area contributed by atoms with E-state index in [1.165, 1.54) is 37.2 Å². The first-order valence-corrected chi connectivity index (χ1v) is 10.9. The van der Waals surface area contributed by atoms with Crippen LogP contribution in [0.4, 0.5) is 0 Å². The van der Waals surface area contributed by atoms with E-state index in [0.717, 1.165) is 37.1 Å². The zero-order chi connectivity index (χ0) is 18.0. The van der Waals surface area contributed by atoms with Crippen molar-refractivity contribution in [2.75, 3.05) is 18.1 Å². The maximum absolute atomic E-state index is 6.22. The fourth-order valence-corrected chi connectivity index (χ4v) is 4.97. The summed E-state index contributed by atoms with van der Waals surface area (Å²) in [5.41, 5.74) is 0.0898. The molecule has 4 rings (SSSR count). The highest BCUT2D eigenvalue weighted by atomic mass is 127. The average molecular weight is 506 g/mol. The van der Waals surface area contributed by atoms with Gasteiger partial charge < -0.3 is 19.9 Å². The molecule has 0 amide bonds. The van der Waals surface area contributed by atoms with Gasteiger partial charge in [0.15, 0.2) is 11.8 Å². The summed E-state index contributed by atoms with van der Waals surface area (Å²) in [7, 11) is 1.99. The maximum Gasteiger partial charge on any atom is 0.192 e. The summed E-state index contributed by atoms with van der Waals surface area (Å²) in [5, 5.41) is 15.6. The molecule has 3 fully saturated rings. The topological polar surface area (TPSA) is 76.4 Å². The second-order valence-corrected chi connectivity index (χ2v) is 9.01. The maximum atomic E-state index is 6.22. The van der Waals surface area contributed by atoms with E-state index in [4.69, 9.17) is 9.73 Å². The summed E-state index contributed by atoms with van der Waals surface area (Å²) in [6.45, 7) is 3.36. The summed E-state index contributed by atoms with van der Waals surface area (Å²) in [5.74, 6) is 5.17. The van der Waals surface area contributed by atoms with E-state index in [1.54, 1.807) is 0 Å². The lowest BCUT2D eigenvalue weighted by Gasteiger charge is -2.43. The van der Waals surface area contributed by atoms with Gasteiger partial charge in [-0.2, -0.15) is 11.8 Å². The van der Waals surface area contributed by atoms with E-state index in [-0.39, 0.29) is 29.6 Å². The number of halogens is 1. The highest BCUT2D eigenvalue weighted by Gasteiger charge is 2.39. The minimum Gasteiger partial charge on any atom is -0.375 e. The molecule has 1 unspecified atom stereocenters. The molecule has 152 valence electrons. The molecule has 7 nitrogen and oxygen atoms in total. The Morgan fingerprint density at radius 2 is 1.96 bits per heavy atom. The van der Waals surface area contributed by atoms with E-state index in [0.29, 0.717) is 18.6 Å². The average Bonchev–Trinajstić information content (AvgIpc) is 3.40. The number of nitrogens with one attached hydrogen (secondary N) is 2. The van der Waals surface area contributed by atoms with Gasteiger partial charge >= 0.3 is 0 Å². The summed E-state index contributed by atoms with van der Waals surface area (Å²) in [4.78, 5) is 4.80. The monoisotopic (exact) mass is 506 g/mol. The number of hydrogen-bond donors (Lipinski definition) is 2. The van der Waals surface area contributed by atoms with Gasteiger partial charge in [-0.15, -0.1) is 34.2 Å². The number of thioether (sulfide) groups is 1. The predicted octanol–water partition coefficient (Wildman–Crippen LogP) is 2.38. The Hall–Kier alpha value is -0.550. The number of aliphatic imine (C=N–C) groups is 1. The van der Waals surface area contributed by atoms with E-state index in [1.807, 2.05) is 18.5 Å². The minimum absolute atomic E-state index is 0. The van der Waals surface area contributed by atoms with E-state index < -0.39 is 0 Å². The third-order valence-electron chi connectivity index (χ3n) is 5.72. The van der Waals surface area contributed by atoms with Crippen molar-refractivity contribution in [1.29, 1.82) is 0 Å². The molecule has 1 aromatic heterocycles. The molecule has 2 N–H and O–H groups in total. The van der Waals surface area contributed by atoms with E-state index >= 15 is 0 Å². The van der Waals surface area contributed by atoms with Crippen LogP contribution in [0.25, 0.3) is 0 Å². The van der Waals surface area contributed by atoms with Crippen LogP contribution in [0.2, 0.25) is 0 Å². The molecule has 2 aliphatic heterocycles. The smallest absolute Gasteiger partial charge is 0.192 e. The molecule has 27 heavy (non-hydrogen) atoms. The molecule has 0 bridgehead atoms. The first-order valence-electron chi connectivity index (χ1n) is 9.78. The van der Waals surface area contributed by atoms with E-state index in [9.17, 15) is 0 Å².